The van der Waals surface area contributed by atoms with Crippen molar-refractivity contribution in [3.8, 4) is 6.07 Å². The quantitative estimate of drug-likeness (QED) is 0.808. The van der Waals surface area contributed by atoms with Crippen LogP contribution in [0, 0.1) is 11.3 Å². The fraction of sp³-hybridized carbons (Fsp3) is 0.500. The predicted octanol–water partition coefficient (Wildman–Crippen LogP) is 1.27. The second-order valence-electron chi connectivity index (χ2n) is 4.09. The zero-order valence-corrected chi connectivity index (χ0v) is 9.26. The van der Waals surface area contributed by atoms with E-state index in [2.05, 4.69) is 16.0 Å². The number of rotatable bonds is 2. The molecule has 1 aromatic heterocycles. The monoisotopic (exact) mass is 216 g/mol. The third kappa shape index (κ3) is 2.15. The molecule has 1 saturated heterocycles. The summed E-state index contributed by atoms with van der Waals surface area (Å²) in [4.78, 5) is 6.56. The molecular weight excluding hydrogens is 200 g/mol. The molecule has 1 aliphatic rings. The third-order valence-corrected chi connectivity index (χ3v) is 3.07. The molecule has 84 valence electrons. The molecular formula is C12H16N4. The molecule has 0 spiro atoms. The fourth-order valence-electron chi connectivity index (χ4n) is 2.19. The van der Waals surface area contributed by atoms with Crippen LogP contribution in [-0.4, -0.2) is 24.1 Å². The lowest BCUT2D eigenvalue weighted by atomic mass is 10.0. The van der Waals surface area contributed by atoms with Crippen LogP contribution in [-0.2, 0) is 0 Å². The highest BCUT2D eigenvalue weighted by Crippen LogP contribution is 2.22. The Bertz CT molecular complexity index is 396. The van der Waals surface area contributed by atoms with Gasteiger partial charge in [-0.3, -0.25) is 0 Å². The van der Waals surface area contributed by atoms with Gasteiger partial charge in [0, 0.05) is 25.3 Å². The summed E-state index contributed by atoms with van der Waals surface area (Å²) in [6.45, 7) is 1.64. The lowest BCUT2D eigenvalue weighted by molar-refractivity contribution is 0.462. The number of nitriles is 1. The Labute approximate surface area is 95.7 Å². The average Bonchev–Trinajstić information content (AvgIpc) is 2.38. The van der Waals surface area contributed by atoms with Crippen LogP contribution < -0.4 is 10.6 Å². The Morgan fingerprint density at radius 2 is 2.44 bits per heavy atom. The SMILES string of the molecule is N#Cc1ccnc(N2CCCCC2CN)c1. The Hall–Kier alpha value is -1.60. The summed E-state index contributed by atoms with van der Waals surface area (Å²) in [5, 5.41) is 8.86. The minimum absolute atomic E-state index is 0.371. The summed E-state index contributed by atoms with van der Waals surface area (Å²) in [5.41, 5.74) is 6.43. The average molecular weight is 216 g/mol. The van der Waals surface area contributed by atoms with Gasteiger partial charge in [0.1, 0.15) is 5.82 Å². The lowest BCUT2D eigenvalue weighted by Crippen LogP contribution is -2.44. The van der Waals surface area contributed by atoms with E-state index in [4.69, 9.17) is 11.0 Å². The molecule has 2 heterocycles. The van der Waals surface area contributed by atoms with Crippen molar-refractivity contribution in [2.75, 3.05) is 18.0 Å². The number of pyridine rings is 1. The fourth-order valence-corrected chi connectivity index (χ4v) is 2.19. The topological polar surface area (TPSA) is 65.9 Å². The van der Waals surface area contributed by atoms with Gasteiger partial charge in [-0.15, -0.1) is 0 Å². The first-order valence-electron chi connectivity index (χ1n) is 5.68. The highest BCUT2D eigenvalue weighted by Gasteiger charge is 2.22. The molecule has 2 rings (SSSR count). The van der Waals surface area contributed by atoms with Gasteiger partial charge in [0.05, 0.1) is 11.6 Å². The number of hydrogen-bond acceptors (Lipinski definition) is 4. The van der Waals surface area contributed by atoms with Crippen LogP contribution in [0.5, 0.6) is 0 Å². The third-order valence-electron chi connectivity index (χ3n) is 3.07. The normalized spacial score (nSPS) is 20.5. The van der Waals surface area contributed by atoms with Gasteiger partial charge in [-0.2, -0.15) is 5.26 Å². The molecule has 1 aliphatic heterocycles. The van der Waals surface area contributed by atoms with Crippen molar-refractivity contribution >= 4 is 5.82 Å². The van der Waals surface area contributed by atoms with Crippen LogP contribution in [0.3, 0.4) is 0 Å². The van der Waals surface area contributed by atoms with Crippen molar-refractivity contribution in [2.24, 2.45) is 5.73 Å². The Morgan fingerprint density at radius 3 is 3.19 bits per heavy atom. The number of nitrogens with two attached hydrogens (primary N) is 1. The number of anilines is 1. The van der Waals surface area contributed by atoms with Gasteiger partial charge < -0.3 is 10.6 Å². The van der Waals surface area contributed by atoms with E-state index in [9.17, 15) is 0 Å². The van der Waals surface area contributed by atoms with E-state index in [1.165, 1.54) is 12.8 Å². The van der Waals surface area contributed by atoms with Gasteiger partial charge in [0.25, 0.3) is 0 Å². The number of aromatic nitrogens is 1. The molecule has 4 nitrogen and oxygen atoms in total. The summed E-state index contributed by atoms with van der Waals surface area (Å²) >= 11 is 0. The zero-order chi connectivity index (χ0) is 11.4. The summed E-state index contributed by atoms with van der Waals surface area (Å²) in [6.07, 6.45) is 5.22. The molecule has 16 heavy (non-hydrogen) atoms. The largest absolute Gasteiger partial charge is 0.352 e. The van der Waals surface area contributed by atoms with Crippen molar-refractivity contribution in [1.82, 2.24) is 4.98 Å². The molecule has 1 atom stereocenters. The first-order chi connectivity index (χ1) is 7.85. The summed E-state index contributed by atoms with van der Waals surface area (Å²) in [7, 11) is 0. The smallest absolute Gasteiger partial charge is 0.130 e. The zero-order valence-electron chi connectivity index (χ0n) is 9.26. The molecule has 2 N–H and O–H groups in total. The second kappa shape index (κ2) is 4.95. The van der Waals surface area contributed by atoms with Crippen molar-refractivity contribution in [1.29, 1.82) is 5.26 Å². The van der Waals surface area contributed by atoms with E-state index in [0.29, 0.717) is 18.2 Å². The van der Waals surface area contributed by atoms with E-state index < -0.39 is 0 Å². The second-order valence-corrected chi connectivity index (χ2v) is 4.09. The Kier molecular flexibility index (Phi) is 3.37. The standard InChI is InChI=1S/C12H16N4/c13-8-10-4-5-15-12(7-10)16-6-2-1-3-11(16)9-14/h4-5,7,11H,1-3,6,9,14H2. The van der Waals surface area contributed by atoms with Crippen molar-refractivity contribution in [3.63, 3.8) is 0 Å². The molecule has 1 unspecified atom stereocenters. The number of nitrogens with zero attached hydrogens (tertiary/aromatic N) is 3. The van der Waals surface area contributed by atoms with Crippen LogP contribution in [0.4, 0.5) is 5.82 Å². The van der Waals surface area contributed by atoms with E-state index >= 15 is 0 Å². The van der Waals surface area contributed by atoms with E-state index in [-0.39, 0.29) is 0 Å². The first kappa shape index (κ1) is 10.9. The van der Waals surface area contributed by atoms with Gasteiger partial charge in [-0.05, 0) is 31.4 Å². The number of hydrogen-bond donors (Lipinski definition) is 1. The van der Waals surface area contributed by atoms with Crippen LogP contribution in [0.15, 0.2) is 18.3 Å². The van der Waals surface area contributed by atoms with Crippen LogP contribution in [0.2, 0.25) is 0 Å². The summed E-state index contributed by atoms with van der Waals surface area (Å²) in [6, 6.07) is 6.08. The van der Waals surface area contributed by atoms with Crippen molar-refractivity contribution in [3.05, 3.63) is 23.9 Å². The molecule has 0 saturated carbocycles. The minimum Gasteiger partial charge on any atom is -0.352 e. The van der Waals surface area contributed by atoms with Gasteiger partial charge in [-0.1, -0.05) is 0 Å². The summed E-state index contributed by atoms with van der Waals surface area (Å²) in [5.74, 6) is 0.884. The van der Waals surface area contributed by atoms with Gasteiger partial charge in [-0.25, -0.2) is 4.98 Å². The first-order valence-corrected chi connectivity index (χ1v) is 5.68. The van der Waals surface area contributed by atoms with Crippen molar-refractivity contribution < 1.29 is 0 Å². The van der Waals surface area contributed by atoms with Crippen LogP contribution in [0.25, 0.3) is 0 Å². The maximum Gasteiger partial charge on any atom is 0.130 e. The molecule has 0 aliphatic carbocycles. The highest BCUT2D eigenvalue weighted by molar-refractivity contribution is 5.46. The van der Waals surface area contributed by atoms with Crippen molar-refractivity contribution in [2.45, 2.75) is 25.3 Å². The molecule has 4 heteroatoms. The molecule has 0 aromatic carbocycles. The van der Waals surface area contributed by atoms with Crippen LogP contribution >= 0.6 is 0 Å². The van der Waals surface area contributed by atoms with Gasteiger partial charge in [0.15, 0.2) is 0 Å². The molecule has 0 radical (unpaired) electrons. The number of piperidine rings is 1. The lowest BCUT2D eigenvalue weighted by Gasteiger charge is -2.36. The molecule has 0 bridgehead atoms. The minimum atomic E-state index is 0.371. The summed E-state index contributed by atoms with van der Waals surface area (Å²) < 4.78 is 0. The molecule has 0 amide bonds. The maximum atomic E-state index is 8.86. The van der Waals surface area contributed by atoms with Gasteiger partial charge in [0.2, 0.25) is 0 Å². The van der Waals surface area contributed by atoms with Gasteiger partial charge >= 0.3 is 0 Å². The molecule has 1 aromatic rings. The van der Waals surface area contributed by atoms with E-state index in [1.54, 1.807) is 12.3 Å². The van der Waals surface area contributed by atoms with E-state index in [1.807, 2.05) is 6.07 Å². The maximum absolute atomic E-state index is 8.86. The Balaban J connectivity index is 2.24. The predicted molar refractivity (Wildman–Crippen MR) is 63.0 cm³/mol. The van der Waals surface area contributed by atoms with E-state index in [0.717, 1.165) is 18.8 Å². The highest BCUT2D eigenvalue weighted by atomic mass is 15.2. The molecule has 1 fully saturated rings. The van der Waals surface area contributed by atoms with Crippen LogP contribution in [0.1, 0.15) is 24.8 Å². The Morgan fingerprint density at radius 1 is 1.56 bits per heavy atom.